The van der Waals surface area contributed by atoms with Crippen molar-refractivity contribution in [3.8, 4) is 0 Å². The first-order chi connectivity index (χ1) is 11.0. The summed E-state index contributed by atoms with van der Waals surface area (Å²) < 4.78 is 4.06. The van der Waals surface area contributed by atoms with Gasteiger partial charge in [-0.3, -0.25) is 4.79 Å². The number of para-hydroxylation sites is 1. The smallest absolute Gasteiger partial charge is 0.270 e. The highest BCUT2D eigenvalue weighted by atomic mass is 79.9. The van der Waals surface area contributed by atoms with Gasteiger partial charge in [-0.15, -0.1) is 11.3 Å². The summed E-state index contributed by atoms with van der Waals surface area (Å²) in [5.41, 5.74) is 1.68. The van der Waals surface area contributed by atoms with E-state index in [0.717, 1.165) is 19.7 Å². The first-order valence-electron chi connectivity index (χ1n) is 7.43. The van der Waals surface area contributed by atoms with Crippen LogP contribution < -0.4 is 0 Å². The number of hydrogen-bond acceptors (Lipinski definition) is 3. The zero-order valence-electron chi connectivity index (χ0n) is 13.3. The Bertz CT molecular complexity index is 820. The van der Waals surface area contributed by atoms with Gasteiger partial charge in [-0.2, -0.15) is 0 Å². The average Bonchev–Trinajstić information content (AvgIpc) is 3.09. The molecule has 1 amide bonds. The highest BCUT2D eigenvalue weighted by Crippen LogP contribution is 2.24. The SMILES string of the molecule is CC(C)n1cc(Br)cc1C(=O)N(C)Cc1nc2ccccc2s1. The van der Waals surface area contributed by atoms with Crippen LogP contribution in [0.25, 0.3) is 10.2 Å². The van der Waals surface area contributed by atoms with Crippen molar-refractivity contribution in [2.24, 2.45) is 0 Å². The second-order valence-electron chi connectivity index (χ2n) is 5.78. The first kappa shape index (κ1) is 16.2. The predicted octanol–water partition coefficient (Wildman–Crippen LogP) is 4.71. The van der Waals surface area contributed by atoms with E-state index >= 15 is 0 Å². The monoisotopic (exact) mass is 391 g/mol. The number of nitrogens with zero attached hydrogens (tertiary/aromatic N) is 3. The average molecular weight is 392 g/mol. The number of carbonyl (C=O) groups excluding carboxylic acids is 1. The molecule has 0 unspecified atom stereocenters. The Morgan fingerprint density at radius 3 is 2.83 bits per heavy atom. The third kappa shape index (κ3) is 3.33. The lowest BCUT2D eigenvalue weighted by molar-refractivity contribution is 0.0772. The van der Waals surface area contributed by atoms with E-state index < -0.39 is 0 Å². The molecule has 0 spiro atoms. The summed E-state index contributed by atoms with van der Waals surface area (Å²) in [6.45, 7) is 4.65. The molecule has 0 saturated carbocycles. The second-order valence-corrected chi connectivity index (χ2v) is 7.81. The minimum atomic E-state index is 0.00339. The molecule has 0 atom stereocenters. The van der Waals surface area contributed by atoms with Crippen LogP contribution in [0.2, 0.25) is 0 Å². The highest BCUT2D eigenvalue weighted by Gasteiger charge is 2.19. The van der Waals surface area contributed by atoms with Crippen molar-refractivity contribution in [2.45, 2.75) is 26.4 Å². The lowest BCUT2D eigenvalue weighted by Gasteiger charge is -2.18. The molecule has 0 saturated heterocycles. The molecule has 0 aliphatic heterocycles. The van der Waals surface area contributed by atoms with Crippen molar-refractivity contribution in [3.63, 3.8) is 0 Å². The zero-order chi connectivity index (χ0) is 16.6. The molecule has 0 bridgehead atoms. The van der Waals surface area contributed by atoms with Crippen molar-refractivity contribution in [3.05, 3.63) is 51.7 Å². The molecule has 3 rings (SSSR count). The van der Waals surface area contributed by atoms with Crippen LogP contribution in [0.5, 0.6) is 0 Å². The number of hydrogen-bond donors (Lipinski definition) is 0. The molecular weight excluding hydrogens is 374 g/mol. The molecule has 0 aliphatic carbocycles. The third-order valence-corrected chi connectivity index (χ3v) is 5.10. The lowest BCUT2D eigenvalue weighted by Crippen LogP contribution is -2.28. The maximum Gasteiger partial charge on any atom is 0.270 e. The molecule has 3 aromatic rings. The summed E-state index contributed by atoms with van der Waals surface area (Å²) >= 11 is 5.09. The number of fused-ring (bicyclic) bond motifs is 1. The van der Waals surface area contributed by atoms with Crippen molar-refractivity contribution in [1.82, 2.24) is 14.5 Å². The van der Waals surface area contributed by atoms with Gasteiger partial charge in [-0.05, 0) is 48.0 Å². The predicted molar refractivity (Wildman–Crippen MR) is 97.9 cm³/mol. The summed E-state index contributed by atoms with van der Waals surface area (Å²) in [7, 11) is 1.82. The molecule has 0 radical (unpaired) electrons. The van der Waals surface area contributed by atoms with Crippen molar-refractivity contribution in [2.75, 3.05) is 7.05 Å². The summed E-state index contributed by atoms with van der Waals surface area (Å²) in [5.74, 6) is 0.00339. The maximum atomic E-state index is 12.8. The quantitative estimate of drug-likeness (QED) is 0.645. The van der Waals surface area contributed by atoms with Crippen molar-refractivity contribution < 1.29 is 4.79 Å². The van der Waals surface area contributed by atoms with Gasteiger partial charge in [0.15, 0.2) is 0 Å². The minimum Gasteiger partial charge on any atom is -0.340 e. The van der Waals surface area contributed by atoms with E-state index in [0.29, 0.717) is 12.2 Å². The Kier molecular flexibility index (Phi) is 4.55. The molecule has 0 aliphatic rings. The van der Waals surface area contributed by atoms with Gasteiger partial charge in [0.1, 0.15) is 10.7 Å². The summed E-state index contributed by atoms with van der Waals surface area (Å²) in [5, 5.41) is 0.948. The Morgan fingerprint density at radius 1 is 1.39 bits per heavy atom. The van der Waals surface area contributed by atoms with Gasteiger partial charge in [0.05, 0.1) is 16.8 Å². The molecule has 0 N–H and O–H groups in total. The number of thiazole rings is 1. The fourth-order valence-electron chi connectivity index (χ4n) is 2.50. The van der Waals surface area contributed by atoms with E-state index in [1.807, 2.05) is 42.1 Å². The van der Waals surface area contributed by atoms with Crippen LogP contribution in [-0.4, -0.2) is 27.4 Å². The number of amides is 1. The summed E-state index contributed by atoms with van der Waals surface area (Å²) in [4.78, 5) is 19.1. The second kappa shape index (κ2) is 6.45. The summed E-state index contributed by atoms with van der Waals surface area (Å²) in [6.07, 6.45) is 1.95. The Labute approximate surface area is 147 Å². The number of halogens is 1. The molecule has 6 heteroatoms. The Hall–Kier alpha value is -1.66. The lowest BCUT2D eigenvalue weighted by atomic mass is 10.3. The van der Waals surface area contributed by atoms with Gasteiger partial charge in [-0.25, -0.2) is 4.98 Å². The molecule has 1 aromatic carbocycles. The number of rotatable bonds is 4. The van der Waals surface area contributed by atoms with Crippen LogP contribution >= 0.6 is 27.3 Å². The molecule has 120 valence electrons. The molecular formula is C17H18BrN3OS. The van der Waals surface area contributed by atoms with Crippen LogP contribution in [0.3, 0.4) is 0 Å². The van der Waals surface area contributed by atoms with E-state index in [1.165, 1.54) is 0 Å². The molecule has 2 heterocycles. The van der Waals surface area contributed by atoms with E-state index in [-0.39, 0.29) is 11.9 Å². The van der Waals surface area contributed by atoms with Crippen LogP contribution in [0.1, 0.15) is 35.4 Å². The van der Waals surface area contributed by atoms with Crippen LogP contribution in [0.4, 0.5) is 0 Å². The van der Waals surface area contributed by atoms with Gasteiger partial charge in [0, 0.05) is 23.8 Å². The number of benzene rings is 1. The van der Waals surface area contributed by atoms with Gasteiger partial charge in [0.2, 0.25) is 0 Å². The largest absolute Gasteiger partial charge is 0.340 e. The Balaban J connectivity index is 1.82. The number of carbonyl (C=O) groups is 1. The fourth-order valence-corrected chi connectivity index (χ4v) is 3.96. The maximum absolute atomic E-state index is 12.8. The van der Waals surface area contributed by atoms with Crippen LogP contribution in [-0.2, 0) is 6.54 Å². The van der Waals surface area contributed by atoms with Crippen LogP contribution in [0.15, 0.2) is 41.0 Å². The first-order valence-corrected chi connectivity index (χ1v) is 9.04. The van der Waals surface area contributed by atoms with Gasteiger partial charge >= 0.3 is 0 Å². The standard InChI is InChI=1S/C17H18BrN3OS/c1-11(2)21-9-12(18)8-14(21)17(22)20(3)10-16-19-13-6-4-5-7-15(13)23-16/h4-9,11H,10H2,1-3H3. The van der Waals surface area contributed by atoms with Gasteiger partial charge in [-0.1, -0.05) is 12.1 Å². The van der Waals surface area contributed by atoms with Crippen LogP contribution in [0, 0.1) is 0 Å². The van der Waals surface area contributed by atoms with E-state index in [4.69, 9.17) is 0 Å². The van der Waals surface area contributed by atoms with Crippen molar-refractivity contribution >= 4 is 43.4 Å². The fraction of sp³-hybridized carbons (Fsp3) is 0.294. The molecule has 2 aromatic heterocycles. The topological polar surface area (TPSA) is 38.1 Å². The van der Waals surface area contributed by atoms with E-state index in [1.54, 1.807) is 16.2 Å². The minimum absolute atomic E-state index is 0.00339. The Morgan fingerprint density at radius 2 is 2.13 bits per heavy atom. The molecule has 23 heavy (non-hydrogen) atoms. The van der Waals surface area contributed by atoms with Gasteiger partial charge in [0.25, 0.3) is 5.91 Å². The highest BCUT2D eigenvalue weighted by molar-refractivity contribution is 9.10. The normalized spacial score (nSPS) is 11.3. The zero-order valence-corrected chi connectivity index (χ0v) is 15.7. The van der Waals surface area contributed by atoms with Gasteiger partial charge < -0.3 is 9.47 Å². The van der Waals surface area contributed by atoms with E-state index in [9.17, 15) is 4.79 Å². The molecule has 4 nitrogen and oxygen atoms in total. The van der Waals surface area contributed by atoms with Crippen molar-refractivity contribution in [1.29, 1.82) is 0 Å². The third-order valence-electron chi connectivity index (χ3n) is 3.65. The number of aromatic nitrogens is 2. The summed E-state index contributed by atoms with van der Waals surface area (Å²) in [6, 6.07) is 10.1. The molecule has 0 fully saturated rings. The van der Waals surface area contributed by atoms with E-state index in [2.05, 4.69) is 40.8 Å².